The molecule has 0 saturated heterocycles. The van der Waals surface area contributed by atoms with Crippen LogP contribution < -0.4 is 19.8 Å². The van der Waals surface area contributed by atoms with Crippen molar-refractivity contribution in [1.82, 2.24) is 0 Å². The van der Waals surface area contributed by atoms with Crippen LogP contribution in [0.4, 0.5) is 5.69 Å². The molecular weight excluding hydrogens is 466 g/mol. The highest BCUT2D eigenvalue weighted by atomic mass is 16.5. The summed E-state index contributed by atoms with van der Waals surface area (Å²) in [5, 5.41) is 0.458. The lowest BCUT2D eigenvalue weighted by atomic mass is 9.96. The molecule has 0 spiro atoms. The maximum atomic E-state index is 14.0. The van der Waals surface area contributed by atoms with Gasteiger partial charge in [0.2, 0.25) is 5.76 Å². The van der Waals surface area contributed by atoms with Crippen molar-refractivity contribution in [1.29, 1.82) is 0 Å². The zero-order valence-corrected chi connectivity index (χ0v) is 21.7. The van der Waals surface area contributed by atoms with Gasteiger partial charge in [0.1, 0.15) is 12.2 Å². The molecule has 6 nitrogen and oxygen atoms in total. The second-order valence-electron chi connectivity index (χ2n) is 9.46. The van der Waals surface area contributed by atoms with Gasteiger partial charge in [-0.05, 0) is 91.9 Å². The molecule has 5 rings (SSSR count). The van der Waals surface area contributed by atoms with Gasteiger partial charge in [0, 0.05) is 5.69 Å². The van der Waals surface area contributed by atoms with Crippen molar-refractivity contribution in [2.24, 2.45) is 0 Å². The molecule has 1 aromatic heterocycles. The van der Waals surface area contributed by atoms with Crippen molar-refractivity contribution in [2.75, 3.05) is 18.6 Å². The van der Waals surface area contributed by atoms with Gasteiger partial charge >= 0.3 is 0 Å². The molecule has 1 amide bonds. The first kappa shape index (κ1) is 24.4. The number of amides is 1. The molecule has 0 aliphatic carbocycles. The van der Waals surface area contributed by atoms with Gasteiger partial charge in [-0.3, -0.25) is 14.5 Å². The highest BCUT2D eigenvalue weighted by Gasteiger charge is 2.44. The zero-order chi connectivity index (χ0) is 26.4. The molecule has 0 N–H and O–H groups in total. The number of carbonyl (C=O) groups excluding carboxylic acids is 1. The Morgan fingerprint density at radius 2 is 1.65 bits per heavy atom. The molecule has 1 unspecified atom stereocenters. The highest BCUT2D eigenvalue weighted by Crippen LogP contribution is 2.43. The molecule has 1 atom stereocenters. The molecule has 3 aromatic carbocycles. The fraction of sp³-hybridized carbons (Fsp3) is 0.226. The Bertz CT molecular complexity index is 1630. The minimum absolute atomic E-state index is 0.0648. The smallest absolute Gasteiger partial charge is 0.295 e. The van der Waals surface area contributed by atoms with Crippen molar-refractivity contribution in [2.45, 2.75) is 33.7 Å². The first-order chi connectivity index (χ1) is 17.7. The predicted molar refractivity (Wildman–Crippen MR) is 145 cm³/mol. The van der Waals surface area contributed by atoms with Crippen molar-refractivity contribution in [3.63, 3.8) is 0 Å². The monoisotopic (exact) mass is 495 g/mol. The van der Waals surface area contributed by atoms with Crippen LogP contribution in [0.2, 0.25) is 0 Å². The maximum Gasteiger partial charge on any atom is 0.295 e. The van der Waals surface area contributed by atoms with Gasteiger partial charge in [-0.15, -0.1) is 0 Å². The Morgan fingerprint density at radius 3 is 2.35 bits per heavy atom. The molecule has 188 valence electrons. The third-order valence-corrected chi connectivity index (χ3v) is 7.12. The number of anilines is 1. The van der Waals surface area contributed by atoms with Crippen LogP contribution in [0.3, 0.4) is 0 Å². The molecule has 37 heavy (non-hydrogen) atoms. The molecule has 1 aliphatic heterocycles. The fourth-order valence-corrected chi connectivity index (χ4v) is 4.81. The molecule has 0 radical (unpaired) electrons. The Labute approximate surface area is 215 Å². The standard InChI is InChI=1S/C31H29NO5/c1-7-12-36-24-11-9-21(16-26(24)35-6)28-27-29(33)23-14-19(4)20(5)15-25(23)37-30(27)31(34)32(28)22-10-8-17(2)18(3)13-22/h7-11,13-16,28H,1,12H2,2-6H3. The van der Waals surface area contributed by atoms with Crippen LogP contribution in [0.25, 0.3) is 11.0 Å². The van der Waals surface area contributed by atoms with Gasteiger partial charge in [0.15, 0.2) is 16.9 Å². The maximum absolute atomic E-state index is 14.0. The Hall–Kier alpha value is -4.32. The number of carbonyl (C=O) groups is 1. The number of rotatable bonds is 6. The first-order valence-electron chi connectivity index (χ1n) is 12.2. The molecule has 0 bridgehead atoms. The normalized spacial score (nSPS) is 14.7. The molecule has 0 saturated carbocycles. The molecular formula is C31H29NO5. The number of aryl methyl sites for hydroxylation is 4. The van der Waals surface area contributed by atoms with Crippen LogP contribution in [0.15, 0.2) is 70.4 Å². The average Bonchev–Trinajstić information content (AvgIpc) is 3.18. The van der Waals surface area contributed by atoms with E-state index in [1.807, 2.05) is 70.2 Å². The molecule has 4 aromatic rings. The summed E-state index contributed by atoms with van der Waals surface area (Å²) in [5.74, 6) is 0.753. The van der Waals surface area contributed by atoms with E-state index in [4.69, 9.17) is 13.9 Å². The third kappa shape index (κ3) is 3.99. The summed E-state index contributed by atoms with van der Waals surface area (Å²) in [6.45, 7) is 11.9. The molecule has 2 heterocycles. The van der Waals surface area contributed by atoms with Crippen molar-refractivity contribution in [3.05, 3.63) is 111 Å². The van der Waals surface area contributed by atoms with Gasteiger partial charge in [-0.2, -0.15) is 0 Å². The summed E-state index contributed by atoms with van der Waals surface area (Å²) in [5.41, 5.74) is 6.04. The third-order valence-electron chi connectivity index (χ3n) is 7.12. The van der Waals surface area contributed by atoms with Gasteiger partial charge in [-0.1, -0.05) is 24.8 Å². The minimum atomic E-state index is -0.700. The van der Waals surface area contributed by atoms with E-state index in [1.54, 1.807) is 24.2 Å². The number of fused-ring (bicyclic) bond motifs is 2. The molecule has 1 aliphatic rings. The summed E-state index contributed by atoms with van der Waals surface area (Å²) in [6, 6.07) is 14.2. The van der Waals surface area contributed by atoms with Crippen LogP contribution in [-0.2, 0) is 0 Å². The van der Waals surface area contributed by atoms with Gasteiger partial charge in [-0.25, -0.2) is 0 Å². The summed E-state index contributed by atoms with van der Waals surface area (Å²) in [7, 11) is 1.56. The lowest BCUT2D eigenvalue weighted by molar-refractivity contribution is 0.0971. The minimum Gasteiger partial charge on any atom is -0.493 e. The highest BCUT2D eigenvalue weighted by molar-refractivity contribution is 6.10. The number of hydrogen-bond donors (Lipinski definition) is 0. The van der Waals surface area contributed by atoms with Crippen molar-refractivity contribution >= 4 is 22.6 Å². The van der Waals surface area contributed by atoms with E-state index in [0.717, 1.165) is 22.3 Å². The zero-order valence-electron chi connectivity index (χ0n) is 21.7. The van der Waals surface area contributed by atoms with E-state index in [0.29, 0.717) is 45.9 Å². The fourth-order valence-electron chi connectivity index (χ4n) is 4.81. The number of nitrogens with zero attached hydrogens (tertiary/aromatic N) is 1. The number of benzene rings is 3. The SMILES string of the molecule is C=CCOc1ccc(C2c3c(oc4cc(C)c(C)cc4c3=O)C(=O)N2c2ccc(C)c(C)c2)cc1OC. The summed E-state index contributed by atoms with van der Waals surface area (Å²) < 4.78 is 17.5. The predicted octanol–water partition coefficient (Wildman–Crippen LogP) is 6.35. The van der Waals surface area contributed by atoms with E-state index >= 15 is 0 Å². The number of methoxy groups -OCH3 is 1. The number of hydrogen-bond acceptors (Lipinski definition) is 5. The van der Waals surface area contributed by atoms with E-state index in [-0.39, 0.29) is 17.1 Å². The topological polar surface area (TPSA) is 69.0 Å². The summed E-state index contributed by atoms with van der Waals surface area (Å²) in [4.78, 5) is 29.5. The molecule has 0 fully saturated rings. The van der Waals surface area contributed by atoms with Crippen LogP contribution in [-0.4, -0.2) is 19.6 Å². The Balaban J connectivity index is 1.78. The van der Waals surface area contributed by atoms with E-state index in [2.05, 4.69) is 6.58 Å². The van der Waals surface area contributed by atoms with Crippen molar-refractivity contribution in [3.8, 4) is 11.5 Å². The first-order valence-corrected chi connectivity index (χ1v) is 12.2. The van der Waals surface area contributed by atoms with Gasteiger partial charge in [0.05, 0.1) is 24.1 Å². The second kappa shape index (κ2) is 9.28. The largest absolute Gasteiger partial charge is 0.493 e. The van der Waals surface area contributed by atoms with Crippen molar-refractivity contribution < 1.29 is 18.7 Å². The van der Waals surface area contributed by atoms with Crippen LogP contribution >= 0.6 is 0 Å². The lowest BCUT2D eigenvalue weighted by Gasteiger charge is -2.26. The van der Waals surface area contributed by atoms with Gasteiger partial charge < -0.3 is 13.9 Å². The van der Waals surface area contributed by atoms with Crippen LogP contribution in [0.5, 0.6) is 11.5 Å². The molecule has 6 heteroatoms. The number of ether oxygens (including phenoxy) is 2. The Morgan fingerprint density at radius 1 is 0.919 bits per heavy atom. The van der Waals surface area contributed by atoms with Gasteiger partial charge in [0.25, 0.3) is 5.91 Å². The average molecular weight is 496 g/mol. The Kier molecular flexibility index (Phi) is 6.12. The van der Waals surface area contributed by atoms with E-state index < -0.39 is 6.04 Å². The van der Waals surface area contributed by atoms with Crippen LogP contribution in [0.1, 0.15) is 50.0 Å². The van der Waals surface area contributed by atoms with E-state index in [1.165, 1.54) is 0 Å². The lowest BCUT2D eigenvalue weighted by Crippen LogP contribution is -2.29. The summed E-state index contributed by atoms with van der Waals surface area (Å²) >= 11 is 0. The van der Waals surface area contributed by atoms with E-state index in [9.17, 15) is 9.59 Å². The van der Waals surface area contributed by atoms with Crippen LogP contribution in [0, 0.1) is 27.7 Å². The second-order valence-corrected chi connectivity index (χ2v) is 9.46. The summed E-state index contributed by atoms with van der Waals surface area (Å²) in [6.07, 6.45) is 1.65. The quantitative estimate of drug-likeness (QED) is 0.292.